The number of carbonyl (C=O) groups excluding carboxylic acids is 1. The van der Waals surface area contributed by atoms with Crippen molar-refractivity contribution >= 4 is 5.97 Å². The van der Waals surface area contributed by atoms with Crippen molar-refractivity contribution in [2.24, 2.45) is 0 Å². The zero-order chi connectivity index (χ0) is 13.9. The highest BCUT2D eigenvalue weighted by atomic mass is 16.5. The van der Waals surface area contributed by atoms with Gasteiger partial charge in [-0.3, -0.25) is 0 Å². The second-order valence-corrected chi connectivity index (χ2v) is 4.43. The van der Waals surface area contributed by atoms with Crippen molar-refractivity contribution in [1.29, 1.82) is 0 Å². The lowest BCUT2D eigenvalue weighted by Gasteiger charge is -2.26. The molecule has 1 unspecified atom stereocenters. The van der Waals surface area contributed by atoms with E-state index in [2.05, 4.69) is 0 Å². The molecule has 0 fully saturated rings. The Hall–Kier alpha value is -2.13. The smallest absolute Gasteiger partial charge is 0.347 e. The monoisotopic (exact) mass is 256 g/mol. The molecule has 0 heterocycles. The fourth-order valence-corrected chi connectivity index (χ4v) is 2.02. The molecular formula is C16H16O3. The van der Waals surface area contributed by atoms with E-state index >= 15 is 0 Å². The molecule has 0 saturated heterocycles. The van der Waals surface area contributed by atoms with Gasteiger partial charge >= 0.3 is 5.97 Å². The Morgan fingerprint density at radius 3 is 2.05 bits per heavy atom. The third-order valence-corrected chi connectivity index (χ3v) is 3.14. The molecule has 0 bridgehead atoms. The molecule has 19 heavy (non-hydrogen) atoms. The van der Waals surface area contributed by atoms with Crippen molar-refractivity contribution in [1.82, 2.24) is 0 Å². The first-order valence-electron chi connectivity index (χ1n) is 6.02. The lowest BCUT2D eigenvalue weighted by atomic mass is 9.86. The SMILES string of the molecule is COC(=O)C(O)(c1ccccc1)c1ccc(C)cc1. The average Bonchev–Trinajstić information content (AvgIpc) is 2.47. The Balaban J connectivity index is 2.58. The van der Waals surface area contributed by atoms with Gasteiger partial charge in [-0.05, 0) is 18.1 Å². The van der Waals surface area contributed by atoms with Crippen LogP contribution in [0.3, 0.4) is 0 Å². The topological polar surface area (TPSA) is 46.5 Å². The Morgan fingerprint density at radius 1 is 1.00 bits per heavy atom. The summed E-state index contributed by atoms with van der Waals surface area (Å²) < 4.78 is 4.77. The van der Waals surface area contributed by atoms with E-state index in [0.29, 0.717) is 11.1 Å². The van der Waals surface area contributed by atoms with Gasteiger partial charge in [0.2, 0.25) is 5.60 Å². The molecule has 1 atom stereocenters. The van der Waals surface area contributed by atoms with Crippen LogP contribution in [0.1, 0.15) is 16.7 Å². The van der Waals surface area contributed by atoms with Gasteiger partial charge in [0.15, 0.2) is 0 Å². The van der Waals surface area contributed by atoms with Crippen molar-refractivity contribution in [3.8, 4) is 0 Å². The van der Waals surface area contributed by atoms with Crippen LogP contribution >= 0.6 is 0 Å². The molecule has 2 aromatic carbocycles. The maximum absolute atomic E-state index is 12.0. The number of ether oxygens (including phenoxy) is 1. The summed E-state index contributed by atoms with van der Waals surface area (Å²) in [6, 6.07) is 16.0. The summed E-state index contributed by atoms with van der Waals surface area (Å²) in [5.41, 5.74) is 0.273. The molecule has 3 nitrogen and oxygen atoms in total. The van der Waals surface area contributed by atoms with Gasteiger partial charge in [0, 0.05) is 0 Å². The van der Waals surface area contributed by atoms with Crippen LogP contribution in [0.15, 0.2) is 54.6 Å². The quantitative estimate of drug-likeness (QED) is 0.858. The molecule has 3 heteroatoms. The van der Waals surface area contributed by atoms with Gasteiger partial charge in [0.25, 0.3) is 0 Å². The molecule has 98 valence electrons. The highest BCUT2D eigenvalue weighted by Gasteiger charge is 2.41. The lowest BCUT2D eigenvalue weighted by molar-refractivity contribution is -0.158. The fourth-order valence-electron chi connectivity index (χ4n) is 2.02. The van der Waals surface area contributed by atoms with Crippen LogP contribution in [0.2, 0.25) is 0 Å². The van der Waals surface area contributed by atoms with E-state index in [9.17, 15) is 9.90 Å². The van der Waals surface area contributed by atoms with E-state index in [1.807, 2.05) is 25.1 Å². The third kappa shape index (κ3) is 2.37. The summed E-state index contributed by atoms with van der Waals surface area (Å²) in [5, 5.41) is 10.8. The molecule has 0 aliphatic rings. The van der Waals surface area contributed by atoms with Gasteiger partial charge in [0.05, 0.1) is 7.11 Å². The van der Waals surface area contributed by atoms with E-state index < -0.39 is 11.6 Å². The van der Waals surface area contributed by atoms with Crippen LogP contribution < -0.4 is 0 Å². The molecule has 0 aliphatic heterocycles. The minimum atomic E-state index is -1.77. The van der Waals surface area contributed by atoms with Gasteiger partial charge < -0.3 is 9.84 Å². The number of hydrogen-bond donors (Lipinski definition) is 1. The van der Waals surface area contributed by atoms with E-state index in [1.165, 1.54) is 7.11 Å². The number of benzene rings is 2. The van der Waals surface area contributed by atoms with Gasteiger partial charge in [-0.1, -0.05) is 60.2 Å². The normalized spacial score (nSPS) is 13.6. The Labute approximate surface area is 112 Å². The lowest BCUT2D eigenvalue weighted by Crippen LogP contribution is -2.38. The summed E-state index contributed by atoms with van der Waals surface area (Å²) in [5.74, 6) is -0.692. The highest BCUT2D eigenvalue weighted by Crippen LogP contribution is 2.31. The van der Waals surface area contributed by atoms with Crippen LogP contribution in [0.25, 0.3) is 0 Å². The van der Waals surface area contributed by atoms with Crippen molar-refractivity contribution in [2.45, 2.75) is 12.5 Å². The molecular weight excluding hydrogens is 240 g/mol. The Kier molecular flexibility index (Phi) is 3.67. The summed E-state index contributed by atoms with van der Waals surface area (Å²) in [4.78, 5) is 12.0. The van der Waals surface area contributed by atoms with Crippen molar-refractivity contribution in [2.75, 3.05) is 7.11 Å². The second-order valence-electron chi connectivity index (χ2n) is 4.43. The van der Waals surface area contributed by atoms with E-state index in [1.54, 1.807) is 36.4 Å². The minimum Gasteiger partial charge on any atom is -0.466 e. The number of aliphatic hydroxyl groups is 1. The summed E-state index contributed by atoms with van der Waals surface area (Å²) in [7, 11) is 1.27. The van der Waals surface area contributed by atoms with Crippen LogP contribution in [0.4, 0.5) is 0 Å². The first-order chi connectivity index (χ1) is 9.09. The standard InChI is InChI=1S/C16H16O3/c1-12-8-10-14(11-9-12)16(18,15(17)19-2)13-6-4-3-5-7-13/h3-11,18H,1-2H3. The minimum absolute atomic E-state index is 0.491. The highest BCUT2D eigenvalue weighted by molar-refractivity contribution is 5.85. The number of aryl methyl sites for hydroxylation is 1. The zero-order valence-electron chi connectivity index (χ0n) is 11.0. The van der Waals surface area contributed by atoms with Gasteiger partial charge in [-0.15, -0.1) is 0 Å². The van der Waals surface area contributed by atoms with Crippen molar-refractivity contribution in [3.05, 3.63) is 71.3 Å². The maximum atomic E-state index is 12.0. The maximum Gasteiger partial charge on any atom is 0.347 e. The molecule has 2 rings (SSSR count). The van der Waals surface area contributed by atoms with E-state index in [-0.39, 0.29) is 0 Å². The summed E-state index contributed by atoms with van der Waals surface area (Å²) >= 11 is 0. The average molecular weight is 256 g/mol. The van der Waals surface area contributed by atoms with E-state index in [0.717, 1.165) is 5.56 Å². The number of hydrogen-bond acceptors (Lipinski definition) is 3. The van der Waals surface area contributed by atoms with Gasteiger partial charge in [0.1, 0.15) is 0 Å². The van der Waals surface area contributed by atoms with Crippen molar-refractivity contribution < 1.29 is 14.6 Å². The second kappa shape index (κ2) is 5.24. The van der Waals surface area contributed by atoms with Crippen LogP contribution in [0, 0.1) is 6.92 Å². The molecule has 0 saturated carbocycles. The Morgan fingerprint density at radius 2 is 1.53 bits per heavy atom. The predicted molar refractivity (Wildman–Crippen MR) is 72.6 cm³/mol. The molecule has 0 amide bonds. The molecule has 0 aliphatic carbocycles. The fraction of sp³-hybridized carbons (Fsp3) is 0.188. The number of rotatable bonds is 3. The summed E-state index contributed by atoms with van der Waals surface area (Å²) in [6.45, 7) is 1.95. The van der Waals surface area contributed by atoms with E-state index in [4.69, 9.17) is 4.74 Å². The molecule has 0 aromatic heterocycles. The molecule has 1 N–H and O–H groups in total. The van der Waals surface area contributed by atoms with Crippen LogP contribution in [-0.4, -0.2) is 18.2 Å². The van der Waals surface area contributed by atoms with Gasteiger partial charge in [-0.25, -0.2) is 4.79 Å². The molecule has 0 radical (unpaired) electrons. The predicted octanol–water partition coefficient (Wildman–Crippen LogP) is 2.40. The zero-order valence-corrected chi connectivity index (χ0v) is 11.0. The first kappa shape index (κ1) is 13.3. The molecule has 0 spiro atoms. The summed E-state index contributed by atoms with van der Waals surface area (Å²) in [6.07, 6.45) is 0. The van der Waals surface area contributed by atoms with Crippen LogP contribution in [0.5, 0.6) is 0 Å². The van der Waals surface area contributed by atoms with Gasteiger partial charge in [-0.2, -0.15) is 0 Å². The largest absolute Gasteiger partial charge is 0.466 e. The number of carbonyl (C=O) groups is 1. The third-order valence-electron chi connectivity index (χ3n) is 3.14. The Bertz CT molecular complexity index is 560. The first-order valence-corrected chi connectivity index (χ1v) is 6.02. The van der Waals surface area contributed by atoms with Crippen LogP contribution in [-0.2, 0) is 15.1 Å². The number of esters is 1. The van der Waals surface area contributed by atoms with Crippen molar-refractivity contribution in [3.63, 3.8) is 0 Å². The number of methoxy groups -OCH3 is 1. The molecule has 2 aromatic rings.